The van der Waals surface area contributed by atoms with E-state index in [0.717, 1.165) is 22.9 Å². The average molecular weight is 647 g/mol. The predicted octanol–water partition coefficient (Wildman–Crippen LogP) is 6.57. The molecule has 0 aliphatic rings. The fourth-order valence-electron chi connectivity index (χ4n) is 4.69. The first-order chi connectivity index (χ1) is 20.3. The summed E-state index contributed by atoms with van der Waals surface area (Å²) in [6, 6.07) is 19.3. The largest absolute Gasteiger partial charge is 0.354 e. The molecule has 0 aromatic heterocycles. The number of carbonyl (C=O) groups excluding carboxylic acids is 2. The van der Waals surface area contributed by atoms with E-state index in [9.17, 15) is 18.0 Å². The van der Waals surface area contributed by atoms with Crippen LogP contribution in [0.2, 0.25) is 10.0 Å². The number of hydrogen-bond acceptors (Lipinski definition) is 4. The Balaban J connectivity index is 1.92. The summed E-state index contributed by atoms with van der Waals surface area (Å²) < 4.78 is 26.8. The molecular formula is C33H41Cl2N3O4S. The van der Waals surface area contributed by atoms with Gasteiger partial charge in [-0.1, -0.05) is 79.5 Å². The molecule has 0 heterocycles. The zero-order valence-corrected chi connectivity index (χ0v) is 27.8. The fourth-order valence-corrected chi connectivity index (χ4v) is 6.12. The van der Waals surface area contributed by atoms with Crippen LogP contribution in [0.1, 0.15) is 48.9 Å². The lowest BCUT2D eigenvalue weighted by molar-refractivity contribution is -0.141. The lowest BCUT2D eigenvalue weighted by atomic mass is 10.0. The standard InChI is InChI=1S/C33H41Cl2N3O4S/c1-23(2)21-36-33(40)31(19-26-10-7-6-8-11-26)37(22-27-14-15-28(34)20-30(27)35)32(39)12-9-17-38(43(5,41)42)29-16-13-24(3)25(4)18-29/h6-8,10-11,13-16,18,20,23,31H,9,12,17,19,21-22H2,1-5H3,(H,36,40)/t31-/m0/s1. The number of aryl methyl sites for hydroxylation is 2. The van der Waals surface area contributed by atoms with Crippen LogP contribution in [0.15, 0.2) is 66.7 Å². The van der Waals surface area contributed by atoms with Crippen LogP contribution in [-0.2, 0) is 32.6 Å². The first kappa shape index (κ1) is 34.4. The number of hydrogen-bond donors (Lipinski definition) is 1. The van der Waals surface area contributed by atoms with E-state index < -0.39 is 16.1 Å². The summed E-state index contributed by atoms with van der Waals surface area (Å²) in [5, 5.41) is 3.86. The molecule has 2 amide bonds. The van der Waals surface area contributed by atoms with Gasteiger partial charge >= 0.3 is 0 Å². The summed E-state index contributed by atoms with van der Waals surface area (Å²) in [6.45, 7) is 8.58. The molecule has 43 heavy (non-hydrogen) atoms. The van der Waals surface area contributed by atoms with Crippen LogP contribution in [0.25, 0.3) is 0 Å². The second kappa shape index (κ2) is 15.6. The molecule has 3 rings (SSSR count). The molecule has 0 fully saturated rings. The summed E-state index contributed by atoms with van der Waals surface area (Å²) in [5.74, 6) is -0.312. The van der Waals surface area contributed by atoms with Crippen molar-refractivity contribution in [2.75, 3.05) is 23.7 Å². The lowest BCUT2D eigenvalue weighted by Gasteiger charge is -2.32. The van der Waals surface area contributed by atoms with Gasteiger partial charge in [0, 0.05) is 42.5 Å². The third kappa shape index (κ3) is 10.3. The van der Waals surface area contributed by atoms with E-state index >= 15 is 0 Å². The van der Waals surface area contributed by atoms with Crippen LogP contribution >= 0.6 is 23.2 Å². The molecule has 0 aliphatic carbocycles. The number of benzene rings is 3. The molecule has 0 bridgehead atoms. The highest BCUT2D eigenvalue weighted by molar-refractivity contribution is 7.92. The number of rotatable bonds is 14. The van der Waals surface area contributed by atoms with Gasteiger partial charge in [0.05, 0.1) is 11.9 Å². The predicted molar refractivity (Wildman–Crippen MR) is 176 cm³/mol. The van der Waals surface area contributed by atoms with Crippen molar-refractivity contribution in [2.24, 2.45) is 5.92 Å². The van der Waals surface area contributed by atoms with Crippen molar-refractivity contribution in [3.63, 3.8) is 0 Å². The number of sulfonamides is 1. The molecule has 10 heteroatoms. The van der Waals surface area contributed by atoms with Gasteiger partial charge in [0.1, 0.15) is 6.04 Å². The Labute approximate surface area is 266 Å². The molecule has 7 nitrogen and oxygen atoms in total. The third-order valence-electron chi connectivity index (χ3n) is 7.24. The van der Waals surface area contributed by atoms with Crippen molar-refractivity contribution >= 4 is 50.7 Å². The summed E-state index contributed by atoms with van der Waals surface area (Å²) >= 11 is 12.6. The van der Waals surface area contributed by atoms with Crippen LogP contribution in [0.3, 0.4) is 0 Å². The van der Waals surface area contributed by atoms with Crippen LogP contribution < -0.4 is 9.62 Å². The third-order valence-corrected chi connectivity index (χ3v) is 9.02. The zero-order valence-electron chi connectivity index (χ0n) is 25.4. The smallest absolute Gasteiger partial charge is 0.243 e. The quantitative estimate of drug-likeness (QED) is 0.215. The molecule has 0 spiro atoms. The lowest BCUT2D eigenvalue weighted by Crippen LogP contribution is -2.51. The minimum absolute atomic E-state index is 0.0326. The maximum absolute atomic E-state index is 14.0. The molecule has 0 saturated carbocycles. The Hall–Kier alpha value is -3.07. The number of carbonyl (C=O) groups is 2. The Kier molecular flexibility index (Phi) is 12.5. The Morgan fingerprint density at radius 2 is 1.63 bits per heavy atom. The van der Waals surface area contributed by atoms with Crippen molar-refractivity contribution in [3.8, 4) is 0 Å². The van der Waals surface area contributed by atoms with E-state index in [0.29, 0.717) is 34.3 Å². The van der Waals surface area contributed by atoms with Crippen LogP contribution in [-0.4, -0.2) is 50.5 Å². The summed E-state index contributed by atoms with van der Waals surface area (Å²) in [5.41, 5.74) is 4.15. The first-order valence-electron chi connectivity index (χ1n) is 14.4. The van der Waals surface area contributed by atoms with E-state index in [1.807, 2.05) is 70.2 Å². The second-order valence-electron chi connectivity index (χ2n) is 11.3. The van der Waals surface area contributed by atoms with E-state index in [-0.39, 0.29) is 43.7 Å². The normalized spacial score (nSPS) is 12.2. The van der Waals surface area contributed by atoms with Crippen LogP contribution in [0, 0.1) is 19.8 Å². The van der Waals surface area contributed by atoms with Gasteiger partial charge < -0.3 is 10.2 Å². The van der Waals surface area contributed by atoms with Gasteiger partial charge in [0.25, 0.3) is 0 Å². The maximum Gasteiger partial charge on any atom is 0.243 e. The molecule has 1 atom stereocenters. The Bertz CT molecular complexity index is 1510. The van der Waals surface area contributed by atoms with Gasteiger partial charge in [-0.2, -0.15) is 0 Å². The SMILES string of the molecule is Cc1ccc(N(CCCC(=O)N(Cc2ccc(Cl)cc2Cl)[C@@H](Cc2ccccc2)C(=O)NCC(C)C)S(C)(=O)=O)cc1C. The van der Waals surface area contributed by atoms with Gasteiger partial charge in [-0.15, -0.1) is 0 Å². The Morgan fingerprint density at radius 3 is 2.23 bits per heavy atom. The minimum Gasteiger partial charge on any atom is -0.354 e. The highest BCUT2D eigenvalue weighted by Crippen LogP contribution is 2.26. The maximum atomic E-state index is 14.0. The number of nitrogens with zero attached hydrogens (tertiary/aromatic N) is 2. The van der Waals surface area contributed by atoms with Gasteiger partial charge in [0.15, 0.2) is 0 Å². The molecule has 0 unspecified atom stereocenters. The van der Waals surface area contributed by atoms with Gasteiger partial charge in [-0.25, -0.2) is 8.42 Å². The minimum atomic E-state index is -3.60. The summed E-state index contributed by atoms with van der Waals surface area (Å²) in [4.78, 5) is 29.2. The highest BCUT2D eigenvalue weighted by Gasteiger charge is 2.31. The van der Waals surface area contributed by atoms with Crippen molar-refractivity contribution in [1.82, 2.24) is 10.2 Å². The molecule has 0 saturated heterocycles. The van der Waals surface area contributed by atoms with Crippen molar-refractivity contribution in [3.05, 3.63) is 99.0 Å². The fraction of sp³-hybridized carbons (Fsp3) is 0.394. The molecule has 3 aromatic carbocycles. The van der Waals surface area contributed by atoms with Crippen molar-refractivity contribution in [1.29, 1.82) is 0 Å². The van der Waals surface area contributed by atoms with E-state index in [1.54, 1.807) is 29.2 Å². The monoisotopic (exact) mass is 645 g/mol. The highest BCUT2D eigenvalue weighted by atomic mass is 35.5. The molecule has 3 aromatic rings. The van der Waals surface area contributed by atoms with E-state index in [2.05, 4.69) is 5.32 Å². The van der Waals surface area contributed by atoms with Gasteiger partial charge in [-0.3, -0.25) is 13.9 Å². The molecule has 0 aliphatic heterocycles. The molecule has 1 N–H and O–H groups in total. The van der Waals surface area contributed by atoms with Gasteiger partial charge in [-0.05, 0) is 72.7 Å². The van der Waals surface area contributed by atoms with Gasteiger partial charge in [0.2, 0.25) is 21.8 Å². The van der Waals surface area contributed by atoms with Crippen LogP contribution in [0.4, 0.5) is 5.69 Å². The molecular weight excluding hydrogens is 605 g/mol. The zero-order chi connectivity index (χ0) is 31.7. The van der Waals surface area contributed by atoms with E-state index in [4.69, 9.17) is 23.2 Å². The second-order valence-corrected chi connectivity index (χ2v) is 14.1. The summed E-state index contributed by atoms with van der Waals surface area (Å²) in [6.07, 6.45) is 1.76. The first-order valence-corrected chi connectivity index (χ1v) is 17.0. The summed E-state index contributed by atoms with van der Waals surface area (Å²) in [7, 11) is -3.60. The molecule has 232 valence electrons. The topological polar surface area (TPSA) is 86.8 Å². The number of amides is 2. The average Bonchev–Trinajstić information content (AvgIpc) is 2.94. The number of nitrogens with one attached hydrogen (secondary N) is 1. The van der Waals surface area contributed by atoms with Crippen molar-refractivity contribution < 1.29 is 18.0 Å². The van der Waals surface area contributed by atoms with E-state index in [1.165, 1.54) is 4.31 Å². The molecule has 0 radical (unpaired) electrons. The van der Waals surface area contributed by atoms with Crippen molar-refractivity contribution in [2.45, 2.75) is 59.5 Å². The Morgan fingerprint density at radius 1 is 0.930 bits per heavy atom. The number of anilines is 1. The van der Waals surface area contributed by atoms with Crippen LogP contribution in [0.5, 0.6) is 0 Å². The number of halogens is 2.